The van der Waals surface area contributed by atoms with Crippen molar-refractivity contribution in [3.8, 4) is 11.3 Å². The number of carbonyl (C=O) groups excluding carboxylic acids is 1. The van der Waals surface area contributed by atoms with Crippen molar-refractivity contribution in [3.05, 3.63) is 46.6 Å². The Balaban J connectivity index is 2.33. The largest absolute Gasteiger partial charge is 0.296 e. The molecule has 0 aliphatic heterocycles. The van der Waals surface area contributed by atoms with E-state index in [0.29, 0.717) is 5.69 Å². The van der Waals surface area contributed by atoms with Crippen molar-refractivity contribution >= 4 is 22.6 Å². The Hall–Kier alpha value is -1.94. The summed E-state index contributed by atoms with van der Waals surface area (Å²) in [4.78, 5) is 18.3. The summed E-state index contributed by atoms with van der Waals surface area (Å²) >= 11 is 1.64. The molecule has 4 heteroatoms. The maximum atomic E-state index is 11.5. The van der Waals surface area contributed by atoms with E-state index in [1.807, 2.05) is 34.7 Å². The minimum atomic E-state index is 0.655. The van der Waals surface area contributed by atoms with Gasteiger partial charge in [-0.25, -0.2) is 4.98 Å². The third-order valence-electron chi connectivity index (χ3n) is 3.30. The molecule has 0 aliphatic rings. The van der Waals surface area contributed by atoms with Crippen LogP contribution in [0.3, 0.4) is 0 Å². The number of rotatable bonds is 3. The molecule has 0 N–H and O–H groups in total. The van der Waals surface area contributed by atoms with E-state index in [9.17, 15) is 4.79 Å². The first kappa shape index (κ1) is 12.1. The van der Waals surface area contributed by atoms with Gasteiger partial charge in [-0.3, -0.25) is 9.20 Å². The Morgan fingerprint density at radius 1 is 1.32 bits per heavy atom. The highest BCUT2D eigenvalue weighted by atomic mass is 32.1. The molecule has 2 aromatic heterocycles. The molecule has 1 aromatic carbocycles. The zero-order valence-electron chi connectivity index (χ0n) is 10.9. The van der Waals surface area contributed by atoms with Crippen LogP contribution in [0.15, 0.2) is 30.3 Å². The highest BCUT2D eigenvalue weighted by molar-refractivity contribution is 7.17. The molecule has 0 saturated carbocycles. The highest BCUT2D eigenvalue weighted by Gasteiger charge is 2.18. The second-order valence-corrected chi connectivity index (χ2v) is 5.59. The lowest BCUT2D eigenvalue weighted by molar-refractivity contribution is 0.111. The summed E-state index contributed by atoms with van der Waals surface area (Å²) < 4.78 is 2.00. The monoisotopic (exact) mass is 270 g/mol. The van der Waals surface area contributed by atoms with Crippen molar-refractivity contribution in [2.24, 2.45) is 0 Å². The van der Waals surface area contributed by atoms with Gasteiger partial charge >= 0.3 is 0 Å². The Morgan fingerprint density at radius 2 is 2.05 bits per heavy atom. The molecule has 3 rings (SSSR count). The zero-order valence-corrected chi connectivity index (χ0v) is 11.7. The van der Waals surface area contributed by atoms with E-state index in [1.54, 1.807) is 11.3 Å². The topological polar surface area (TPSA) is 34.4 Å². The van der Waals surface area contributed by atoms with Crippen molar-refractivity contribution in [1.29, 1.82) is 0 Å². The number of hydrogen-bond donors (Lipinski definition) is 0. The summed E-state index contributed by atoms with van der Waals surface area (Å²) in [5.74, 6) is 0. The maximum Gasteiger partial charge on any atom is 0.195 e. The Kier molecular flexibility index (Phi) is 2.95. The summed E-state index contributed by atoms with van der Waals surface area (Å²) in [5, 5.41) is 0. The number of benzene rings is 1. The van der Waals surface area contributed by atoms with Crippen LogP contribution < -0.4 is 0 Å². The van der Waals surface area contributed by atoms with Crippen LogP contribution in [0.2, 0.25) is 0 Å². The summed E-state index contributed by atoms with van der Waals surface area (Å²) in [7, 11) is 0. The molecular weight excluding hydrogens is 256 g/mol. The molecule has 2 heterocycles. The normalized spacial score (nSPS) is 11.1. The summed E-state index contributed by atoms with van der Waals surface area (Å²) in [5.41, 5.74) is 3.59. The number of hydrogen-bond acceptors (Lipinski definition) is 3. The molecule has 0 spiro atoms. The highest BCUT2D eigenvalue weighted by Crippen LogP contribution is 2.30. The molecule has 0 atom stereocenters. The zero-order chi connectivity index (χ0) is 13.4. The third kappa shape index (κ3) is 1.79. The van der Waals surface area contributed by atoms with Gasteiger partial charge in [0.1, 0.15) is 11.4 Å². The van der Waals surface area contributed by atoms with Gasteiger partial charge in [-0.1, -0.05) is 37.3 Å². The van der Waals surface area contributed by atoms with Crippen molar-refractivity contribution in [1.82, 2.24) is 9.38 Å². The SMILES string of the molecule is CCc1c(C)sc2nc(-c3ccccc3)c(C=O)n12. The van der Waals surface area contributed by atoms with E-state index >= 15 is 0 Å². The molecule has 3 nitrogen and oxygen atoms in total. The molecule has 0 unspecified atom stereocenters. The molecule has 19 heavy (non-hydrogen) atoms. The fourth-order valence-electron chi connectivity index (χ4n) is 2.42. The van der Waals surface area contributed by atoms with Crippen LogP contribution in [-0.4, -0.2) is 15.7 Å². The minimum Gasteiger partial charge on any atom is -0.296 e. The smallest absolute Gasteiger partial charge is 0.195 e. The Bertz CT molecular complexity index is 740. The molecule has 96 valence electrons. The van der Waals surface area contributed by atoms with Gasteiger partial charge in [0.25, 0.3) is 0 Å². The van der Waals surface area contributed by atoms with Crippen molar-refractivity contribution in [2.75, 3.05) is 0 Å². The van der Waals surface area contributed by atoms with Crippen molar-refractivity contribution in [3.63, 3.8) is 0 Å². The second kappa shape index (κ2) is 4.63. The van der Waals surface area contributed by atoms with Crippen LogP contribution in [0, 0.1) is 6.92 Å². The van der Waals surface area contributed by atoms with Crippen molar-refractivity contribution in [2.45, 2.75) is 20.3 Å². The number of aryl methyl sites for hydroxylation is 2. The summed E-state index contributed by atoms with van der Waals surface area (Å²) in [6.45, 7) is 4.18. The van der Waals surface area contributed by atoms with Gasteiger partial charge in [0.05, 0.1) is 0 Å². The first-order valence-corrected chi connectivity index (χ1v) is 7.09. The standard InChI is InChI=1S/C15H14N2OS/c1-3-12-10(2)19-15-16-14(13(9-18)17(12)15)11-7-5-4-6-8-11/h4-9H,3H2,1-2H3. The van der Waals surface area contributed by atoms with Crippen LogP contribution >= 0.6 is 11.3 Å². The first-order chi connectivity index (χ1) is 9.26. The molecule has 0 bridgehead atoms. The average Bonchev–Trinajstić information content (AvgIpc) is 2.93. The predicted molar refractivity (Wildman–Crippen MR) is 78.0 cm³/mol. The van der Waals surface area contributed by atoms with Gasteiger partial charge in [-0.15, -0.1) is 11.3 Å². The van der Waals surface area contributed by atoms with Gasteiger partial charge in [-0.05, 0) is 13.3 Å². The van der Waals surface area contributed by atoms with E-state index in [4.69, 9.17) is 0 Å². The molecular formula is C15H14N2OS. The average molecular weight is 270 g/mol. The number of nitrogens with zero attached hydrogens (tertiary/aromatic N) is 2. The number of imidazole rings is 1. The van der Waals surface area contributed by atoms with Crippen LogP contribution in [0.4, 0.5) is 0 Å². The van der Waals surface area contributed by atoms with E-state index in [0.717, 1.165) is 28.9 Å². The number of carbonyl (C=O) groups is 1. The number of aromatic nitrogens is 2. The second-order valence-electron chi connectivity index (χ2n) is 4.41. The summed E-state index contributed by atoms with van der Waals surface area (Å²) in [6, 6.07) is 9.85. The lowest BCUT2D eigenvalue weighted by Gasteiger charge is -2.01. The molecule has 3 aromatic rings. The predicted octanol–water partition coefficient (Wildman–Crippen LogP) is 3.75. The van der Waals surface area contributed by atoms with E-state index in [-0.39, 0.29) is 0 Å². The fourth-order valence-corrected chi connectivity index (χ4v) is 3.48. The van der Waals surface area contributed by atoms with E-state index in [2.05, 4.69) is 18.8 Å². The maximum absolute atomic E-state index is 11.5. The third-order valence-corrected chi connectivity index (χ3v) is 4.29. The molecule has 0 fully saturated rings. The van der Waals surface area contributed by atoms with E-state index in [1.165, 1.54) is 10.6 Å². The minimum absolute atomic E-state index is 0.655. The van der Waals surface area contributed by atoms with Crippen LogP contribution in [0.5, 0.6) is 0 Å². The van der Waals surface area contributed by atoms with Crippen LogP contribution in [-0.2, 0) is 6.42 Å². The van der Waals surface area contributed by atoms with E-state index < -0.39 is 0 Å². The lowest BCUT2D eigenvalue weighted by atomic mass is 10.1. The molecule has 0 amide bonds. The van der Waals surface area contributed by atoms with Crippen molar-refractivity contribution < 1.29 is 4.79 Å². The number of thiazole rings is 1. The Labute approximate surface area is 115 Å². The molecule has 0 aliphatic carbocycles. The number of fused-ring (bicyclic) bond motifs is 1. The summed E-state index contributed by atoms with van der Waals surface area (Å²) in [6.07, 6.45) is 1.81. The quantitative estimate of drug-likeness (QED) is 0.679. The van der Waals surface area contributed by atoms with Gasteiger partial charge in [0.2, 0.25) is 0 Å². The number of aldehydes is 1. The van der Waals surface area contributed by atoms with Crippen LogP contribution in [0.25, 0.3) is 16.2 Å². The van der Waals surface area contributed by atoms with Gasteiger partial charge < -0.3 is 0 Å². The van der Waals surface area contributed by atoms with Gasteiger partial charge in [-0.2, -0.15) is 0 Å². The first-order valence-electron chi connectivity index (χ1n) is 6.27. The Morgan fingerprint density at radius 3 is 2.68 bits per heavy atom. The molecule has 0 radical (unpaired) electrons. The fraction of sp³-hybridized carbons (Fsp3) is 0.200. The van der Waals surface area contributed by atoms with Gasteiger partial charge in [0.15, 0.2) is 11.2 Å². The molecule has 0 saturated heterocycles. The lowest BCUT2D eigenvalue weighted by Crippen LogP contribution is -1.97. The van der Waals surface area contributed by atoms with Crippen LogP contribution in [0.1, 0.15) is 28.0 Å². The van der Waals surface area contributed by atoms with Gasteiger partial charge in [0, 0.05) is 16.1 Å².